The third-order valence-corrected chi connectivity index (χ3v) is 6.13. The first-order chi connectivity index (χ1) is 9.84. The van der Waals surface area contributed by atoms with Crippen molar-refractivity contribution in [3.8, 4) is 0 Å². The summed E-state index contributed by atoms with van der Waals surface area (Å²) in [5.74, 6) is 1.19. The van der Waals surface area contributed by atoms with Gasteiger partial charge < -0.3 is 5.11 Å². The van der Waals surface area contributed by atoms with Gasteiger partial charge in [0.05, 0.1) is 5.41 Å². The largest absolute Gasteiger partial charge is 0.481 e. The van der Waals surface area contributed by atoms with E-state index in [1.807, 2.05) is 13.8 Å². The first-order valence-corrected chi connectivity index (χ1v) is 8.81. The Morgan fingerprint density at radius 2 is 1.81 bits per heavy atom. The van der Waals surface area contributed by atoms with E-state index in [2.05, 4.69) is 18.7 Å². The van der Waals surface area contributed by atoms with Crippen LogP contribution >= 0.6 is 0 Å². The first kappa shape index (κ1) is 16.8. The Morgan fingerprint density at radius 3 is 2.43 bits per heavy atom. The van der Waals surface area contributed by atoms with Gasteiger partial charge in [0.1, 0.15) is 0 Å². The lowest BCUT2D eigenvalue weighted by atomic mass is 9.72. The standard InChI is InChI=1S/C18H33NO2/c1-13(2)15-9-5-6-10-16(15)19-11-7-8-14(12-19)18(3,4)17(20)21/h13-16H,5-12H2,1-4H3,(H,20,21). The third kappa shape index (κ3) is 3.61. The molecule has 0 amide bonds. The predicted octanol–water partition coefficient (Wildman–Crippen LogP) is 4.02. The zero-order chi connectivity index (χ0) is 15.6. The number of nitrogens with zero attached hydrogens (tertiary/aromatic N) is 1. The van der Waals surface area contributed by atoms with Gasteiger partial charge in [-0.15, -0.1) is 0 Å². The summed E-state index contributed by atoms with van der Waals surface area (Å²) in [4.78, 5) is 14.2. The normalized spacial score (nSPS) is 32.3. The number of hydrogen-bond acceptors (Lipinski definition) is 2. The Kier molecular flexibility index (Phi) is 5.34. The lowest BCUT2D eigenvalue weighted by molar-refractivity contribution is -0.152. The summed E-state index contributed by atoms with van der Waals surface area (Å²) in [6, 6.07) is 0.686. The van der Waals surface area contributed by atoms with Gasteiger partial charge >= 0.3 is 5.97 Å². The quantitative estimate of drug-likeness (QED) is 0.851. The van der Waals surface area contributed by atoms with E-state index >= 15 is 0 Å². The Hall–Kier alpha value is -0.570. The summed E-state index contributed by atoms with van der Waals surface area (Å²) in [5.41, 5.74) is -0.597. The smallest absolute Gasteiger partial charge is 0.309 e. The van der Waals surface area contributed by atoms with Crippen LogP contribution in [0.25, 0.3) is 0 Å². The molecular formula is C18H33NO2. The zero-order valence-corrected chi connectivity index (χ0v) is 14.3. The molecule has 0 radical (unpaired) electrons. The highest BCUT2D eigenvalue weighted by Crippen LogP contribution is 2.39. The summed E-state index contributed by atoms with van der Waals surface area (Å²) in [6.45, 7) is 10.7. The van der Waals surface area contributed by atoms with Gasteiger partial charge in [0.25, 0.3) is 0 Å². The second kappa shape index (κ2) is 6.68. The molecule has 3 unspecified atom stereocenters. The fourth-order valence-corrected chi connectivity index (χ4v) is 4.44. The minimum Gasteiger partial charge on any atom is -0.481 e. The second-order valence-corrected chi connectivity index (χ2v) is 8.12. The van der Waals surface area contributed by atoms with Crippen molar-refractivity contribution in [2.75, 3.05) is 13.1 Å². The van der Waals surface area contributed by atoms with Crippen molar-refractivity contribution in [3.63, 3.8) is 0 Å². The minimum atomic E-state index is -0.640. The van der Waals surface area contributed by atoms with Crippen molar-refractivity contribution >= 4 is 5.97 Å². The molecule has 1 saturated heterocycles. The molecule has 1 aliphatic carbocycles. The van der Waals surface area contributed by atoms with Crippen LogP contribution in [-0.4, -0.2) is 35.1 Å². The van der Waals surface area contributed by atoms with Gasteiger partial charge in [-0.3, -0.25) is 9.69 Å². The minimum absolute atomic E-state index is 0.290. The SMILES string of the molecule is CC(C)C1CCCCC1N1CCCC(C(C)(C)C(=O)O)C1. The number of aliphatic carboxylic acids is 1. The van der Waals surface area contributed by atoms with Crippen LogP contribution in [0.4, 0.5) is 0 Å². The van der Waals surface area contributed by atoms with Crippen LogP contribution in [0.1, 0.15) is 66.2 Å². The number of hydrogen-bond donors (Lipinski definition) is 1. The van der Waals surface area contributed by atoms with Gasteiger partial charge in [0.15, 0.2) is 0 Å². The lowest BCUT2D eigenvalue weighted by Gasteiger charge is -2.47. The number of carboxylic acids is 1. The van der Waals surface area contributed by atoms with Crippen molar-refractivity contribution in [3.05, 3.63) is 0 Å². The van der Waals surface area contributed by atoms with Crippen LogP contribution in [0.5, 0.6) is 0 Å². The van der Waals surface area contributed by atoms with Gasteiger partial charge in [-0.25, -0.2) is 0 Å². The second-order valence-electron chi connectivity index (χ2n) is 8.12. The highest BCUT2D eigenvalue weighted by Gasteiger charge is 2.42. The molecule has 0 spiro atoms. The van der Waals surface area contributed by atoms with Gasteiger partial charge in [0, 0.05) is 12.6 Å². The van der Waals surface area contributed by atoms with Crippen molar-refractivity contribution in [1.29, 1.82) is 0 Å². The van der Waals surface area contributed by atoms with Crippen LogP contribution in [-0.2, 0) is 4.79 Å². The molecule has 0 aromatic heterocycles. The van der Waals surface area contributed by atoms with Crippen LogP contribution in [0.2, 0.25) is 0 Å². The van der Waals surface area contributed by atoms with E-state index in [4.69, 9.17) is 0 Å². The predicted molar refractivity (Wildman–Crippen MR) is 86.3 cm³/mol. The van der Waals surface area contributed by atoms with E-state index in [1.165, 1.54) is 32.2 Å². The summed E-state index contributed by atoms with van der Waals surface area (Å²) < 4.78 is 0. The molecule has 21 heavy (non-hydrogen) atoms. The molecule has 1 aliphatic heterocycles. The molecule has 3 heteroatoms. The van der Waals surface area contributed by atoms with Crippen molar-refractivity contribution in [2.45, 2.75) is 72.3 Å². The molecular weight excluding hydrogens is 262 g/mol. The van der Waals surface area contributed by atoms with E-state index in [9.17, 15) is 9.90 Å². The maximum Gasteiger partial charge on any atom is 0.309 e. The van der Waals surface area contributed by atoms with Gasteiger partial charge in [-0.2, -0.15) is 0 Å². The summed E-state index contributed by atoms with van der Waals surface area (Å²) in [6.07, 6.45) is 7.60. The van der Waals surface area contributed by atoms with Gasteiger partial charge in [-0.05, 0) is 63.8 Å². The molecule has 1 saturated carbocycles. The van der Waals surface area contributed by atoms with Gasteiger partial charge in [-0.1, -0.05) is 26.7 Å². The Morgan fingerprint density at radius 1 is 1.14 bits per heavy atom. The van der Waals surface area contributed by atoms with Crippen LogP contribution in [0, 0.1) is 23.2 Å². The van der Waals surface area contributed by atoms with E-state index in [0.29, 0.717) is 12.0 Å². The van der Waals surface area contributed by atoms with Crippen LogP contribution in [0.15, 0.2) is 0 Å². The third-order valence-electron chi connectivity index (χ3n) is 6.13. The average Bonchev–Trinajstić information content (AvgIpc) is 2.47. The Labute approximate surface area is 130 Å². The molecule has 2 fully saturated rings. The fraction of sp³-hybridized carbons (Fsp3) is 0.944. The first-order valence-electron chi connectivity index (χ1n) is 8.81. The molecule has 1 N–H and O–H groups in total. The number of piperidine rings is 1. The fourth-order valence-electron chi connectivity index (χ4n) is 4.44. The van der Waals surface area contributed by atoms with E-state index < -0.39 is 11.4 Å². The topological polar surface area (TPSA) is 40.5 Å². The number of carboxylic acid groups (broad SMARTS) is 1. The highest BCUT2D eigenvalue weighted by molar-refractivity contribution is 5.74. The monoisotopic (exact) mass is 295 g/mol. The van der Waals surface area contributed by atoms with Gasteiger partial charge in [0.2, 0.25) is 0 Å². The zero-order valence-electron chi connectivity index (χ0n) is 14.3. The summed E-state index contributed by atoms with van der Waals surface area (Å²) in [7, 11) is 0. The highest BCUT2D eigenvalue weighted by atomic mass is 16.4. The van der Waals surface area contributed by atoms with Crippen LogP contribution in [0.3, 0.4) is 0 Å². The van der Waals surface area contributed by atoms with E-state index in [0.717, 1.165) is 31.2 Å². The molecule has 122 valence electrons. The lowest BCUT2D eigenvalue weighted by Crippen LogP contribution is -2.52. The van der Waals surface area contributed by atoms with Crippen molar-refractivity contribution in [1.82, 2.24) is 4.90 Å². The molecule has 0 aromatic carbocycles. The number of carbonyl (C=O) groups is 1. The molecule has 3 atom stereocenters. The maximum absolute atomic E-state index is 11.6. The Bertz CT molecular complexity index is 364. The molecule has 3 nitrogen and oxygen atoms in total. The van der Waals surface area contributed by atoms with E-state index in [1.54, 1.807) is 0 Å². The van der Waals surface area contributed by atoms with Crippen LogP contribution < -0.4 is 0 Å². The van der Waals surface area contributed by atoms with E-state index in [-0.39, 0.29) is 0 Å². The molecule has 0 bridgehead atoms. The maximum atomic E-state index is 11.6. The molecule has 1 heterocycles. The number of rotatable bonds is 4. The van der Waals surface area contributed by atoms with Crippen molar-refractivity contribution in [2.24, 2.45) is 23.2 Å². The molecule has 2 aliphatic rings. The van der Waals surface area contributed by atoms with Crippen molar-refractivity contribution < 1.29 is 9.90 Å². The summed E-state index contributed by atoms with van der Waals surface area (Å²) >= 11 is 0. The molecule has 2 rings (SSSR count). The number of likely N-dealkylation sites (tertiary alicyclic amines) is 1. The Balaban J connectivity index is 2.07. The average molecular weight is 295 g/mol. The summed E-state index contributed by atoms with van der Waals surface area (Å²) in [5, 5.41) is 9.51. The molecule has 0 aromatic rings.